The van der Waals surface area contributed by atoms with E-state index in [1.165, 1.54) is 63.0 Å². The maximum absolute atomic E-state index is 2.47. The lowest BCUT2D eigenvalue weighted by Gasteiger charge is -2.23. The molecule has 110 valence electrons. The Morgan fingerprint density at radius 3 is 2.50 bits per heavy atom. The first-order chi connectivity index (χ1) is 9.86. The first-order valence-corrected chi connectivity index (χ1v) is 8.65. The molecule has 1 aromatic carbocycles. The van der Waals surface area contributed by atoms with Gasteiger partial charge in [0.1, 0.15) is 0 Å². The first kappa shape index (κ1) is 15.4. The molecule has 0 radical (unpaired) electrons. The third kappa shape index (κ3) is 3.98. The van der Waals surface area contributed by atoms with Gasteiger partial charge in [-0.15, -0.1) is 0 Å². The van der Waals surface area contributed by atoms with E-state index in [2.05, 4.69) is 44.2 Å². The summed E-state index contributed by atoms with van der Waals surface area (Å²) in [7, 11) is 0. The number of rotatable bonds is 8. The SMILES string of the molecule is CCCCCC1=c2ccccc2=CCC1CCCCC. The summed E-state index contributed by atoms with van der Waals surface area (Å²) >= 11 is 0. The summed E-state index contributed by atoms with van der Waals surface area (Å²) in [6, 6.07) is 9.02. The minimum Gasteiger partial charge on any atom is -0.0761 e. The standard InChI is InChI=1S/C20H30/c1-3-5-7-11-17-15-16-18-12-9-10-14-20(18)19(17)13-8-6-4-2/h9-10,12,14,16-17H,3-8,11,13,15H2,1-2H3. The Bertz CT molecular complexity index is 509. The molecule has 2 rings (SSSR count). The summed E-state index contributed by atoms with van der Waals surface area (Å²) in [5.41, 5.74) is 1.76. The van der Waals surface area contributed by atoms with Crippen molar-refractivity contribution in [2.45, 2.75) is 71.6 Å². The van der Waals surface area contributed by atoms with E-state index in [0.717, 1.165) is 5.92 Å². The van der Waals surface area contributed by atoms with E-state index in [-0.39, 0.29) is 0 Å². The molecule has 1 atom stereocenters. The van der Waals surface area contributed by atoms with Crippen molar-refractivity contribution in [1.29, 1.82) is 0 Å². The second-order valence-electron chi connectivity index (χ2n) is 6.20. The van der Waals surface area contributed by atoms with Crippen LogP contribution in [0.2, 0.25) is 0 Å². The summed E-state index contributed by atoms with van der Waals surface area (Å²) in [4.78, 5) is 0. The molecule has 20 heavy (non-hydrogen) atoms. The van der Waals surface area contributed by atoms with Gasteiger partial charge in [0.05, 0.1) is 0 Å². The Morgan fingerprint density at radius 1 is 0.950 bits per heavy atom. The fourth-order valence-corrected chi connectivity index (χ4v) is 3.44. The number of benzene rings is 1. The molecular formula is C20H30. The van der Waals surface area contributed by atoms with Gasteiger partial charge in [-0.2, -0.15) is 0 Å². The Hall–Kier alpha value is -1.04. The summed E-state index contributed by atoms with van der Waals surface area (Å²) < 4.78 is 0. The molecule has 1 unspecified atom stereocenters. The highest BCUT2D eigenvalue weighted by molar-refractivity contribution is 5.53. The van der Waals surface area contributed by atoms with E-state index >= 15 is 0 Å². The van der Waals surface area contributed by atoms with Crippen LogP contribution in [0.4, 0.5) is 0 Å². The van der Waals surface area contributed by atoms with Crippen LogP contribution in [0, 0.1) is 5.92 Å². The lowest BCUT2D eigenvalue weighted by atomic mass is 9.82. The van der Waals surface area contributed by atoms with E-state index in [1.807, 2.05) is 0 Å². The summed E-state index contributed by atoms with van der Waals surface area (Å²) in [5, 5.41) is 3.03. The van der Waals surface area contributed by atoms with Gasteiger partial charge in [0.15, 0.2) is 0 Å². The summed E-state index contributed by atoms with van der Waals surface area (Å²) in [6.45, 7) is 4.60. The van der Waals surface area contributed by atoms with E-state index in [4.69, 9.17) is 0 Å². The molecule has 1 aliphatic rings. The van der Waals surface area contributed by atoms with E-state index in [0.29, 0.717) is 0 Å². The van der Waals surface area contributed by atoms with Gasteiger partial charge in [-0.05, 0) is 42.0 Å². The molecule has 0 fully saturated rings. The van der Waals surface area contributed by atoms with Crippen LogP contribution in [-0.2, 0) is 0 Å². The highest BCUT2D eigenvalue weighted by atomic mass is 14.2. The number of unbranched alkanes of at least 4 members (excludes halogenated alkanes) is 4. The molecule has 0 nitrogen and oxygen atoms in total. The van der Waals surface area contributed by atoms with Crippen LogP contribution in [0.3, 0.4) is 0 Å². The van der Waals surface area contributed by atoms with Crippen LogP contribution in [-0.4, -0.2) is 0 Å². The Kier molecular flexibility index (Phi) is 6.36. The van der Waals surface area contributed by atoms with Crippen molar-refractivity contribution in [3.63, 3.8) is 0 Å². The van der Waals surface area contributed by atoms with Gasteiger partial charge >= 0.3 is 0 Å². The minimum absolute atomic E-state index is 0.813. The zero-order valence-electron chi connectivity index (χ0n) is 13.3. The highest BCUT2D eigenvalue weighted by Crippen LogP contribution is 2.28. The number of fused-ring (bicyclic) bond motifs is 1. The maximum atomic E-state index is 2.47. The molecule has 0 heteroatoms. The Balaban J connectivity index is 2.20. The zero-order chi connectivity index (χ0) is 14.2. The van der Waals surface area contributed by atoms with Crippen molar-refractivity contribution in [3.8, 4) is 0 Å². The predicted molar refractivity (Wildman–Crippen MR) is 90.0 cm³/mol. The Labute approximate surface area is 124 Å². The van der Waals surface area contributed by atoms with Crippen molar-refractivity contribution in [3.05, 3.63) is 34.7 Å². The monoisotopic (exact) mass is 270 g/mol. The predicted octanol–water partition coefficient (Wildman–Crippen LogP) is 4.80. The van der Waals surface area contributed by atoms with Crippen LogP contribution < -0.4 is 10.4 Å². The third-order valence-corrected chi connectivity index (χ3v) is 4.63. The minimum atomic E-state index is 0.813. The summed E-state index contributed by atoms with van der Waals surface area (Å²) in [5.74, 6) is 0.813. The first-order valence-electron chi connectivity index (χ1n) is 8.65. The van der Waals surface area contributed by atoms with Gasteiger partial charge in [-0.3, -0.25) is 0 Å². The largest absolute Gasteiger partial charge is 0.0761 e. The summed E-state index contributed by atoms with van der Waals surface area (Å²) in [6.07, 6.45) is 14.6. The third-order valence-electron chi connectivity index (χ3n) is 4.63. The molecule has 0 aromatic heterocycles. The second-order valence-corrected chi connectivity index (χ2v) is 6.20. The van der Waals surface area contributed by atoms with Crippen molar-refractivity contribution in [2.24, 2.45) is 5.92 Å². The van der Waals surface area contributed by atoms with Crippen molar-refractivity contribution >= 4 is 11.6 Å². The smallest absolute Gasteiger partial charge is 0.0159 e. The van der Waals surface area contributed by atoms with Gasteiger partial charge < -0.3 is 0 Å². The van der Waals surface area contributed by atoms with Gasteiger partial charge in [0.2, 0.25) is 0 Å². The number of hydrogen-bond donors (Lipinski definition) is 0. The fourth-order valence-electron chi connectivity index (χ4n) is 3.44. The quantitative estimate of drug-likeness (QED) is 0.595. The van der Waals surface area contributed by atoms with Crippen LogP contribution in [0.25, 0.3) is 11.6 Å². The molecule has 0 bridgehead atoms. The molecule has 0 N–H and O–H groups in total. The van der Waals surface area contributed by atoms with Crippen LogP contribution in [0.15, 0.2) is 24.3 Å². The molecule has 0 saturated heterocycles. The lowest BCUT2D eigenvalue weighted by molar-refractivity contribution is 0.543. The number of hydrogen-bond acceptors (Lipinski definition) is 0. The molecular weight excluding hydrogens is 240 g/mol. The highest BCUT2D eigenvalue weighted by Gasteiger charge is 2.16. The van der Waals surface area contributed by atoms with E-state index in [9.17, 15) is 0 Å². The molecule has 0 aliphatic heterocycles. The fraction of sp³-hybridized carbons (Fsp3) is 0.600. The average Bonchev–Trinajstić information content (AvgIpc) is 2.49. The van der Waals surface area contributed by atoms with Crippen LogP contribution >= 0.6 is 0 Å². The molecule has 0 spiro atoms. The maximum Gasteiger partial charge on any atom is -0.0159 e. The van der Waals surface area contributed by atoms with Gasteiger partial charge in [-0.1, -0.05) is 81.9 Å². The van der Waals surface area contributed by atoms with Crippen molar-refractivity contribution in [1.82, 2.24) is 0 Å². The van der Waals surface area contributed by atoms with E-state index in [1.54, 1.807) is 10.8 Å². The molecule has 0 amide bonds. The molecule has 1 aromatic rings. The molecule has 0 heterocycles. The van der Waals surface area contributed by atoms with Crippen molar-refractivity contribution in [2.75, 3.05) is 0 Å². The zero-order valence-corrected chi connectivity index (χ0v) is 13.3. The van der Waals surface area contributed by atoms with Crippen molar-refractivity contribution < 1.29 is 0 Å². The topological polar surface area (TPSA) is 0 Å². The van der Waals surface area contributed by atoms with Crippen LogP contribution in [0.5, 0.6) is 0 Å². The molecule has 1 aliphatic carbocycles. The van der Waals surface area contributed by atoms with Gasteiger partial charge in [0.25, 0.3) is 0 Å². The Morgan fingerprint density at radius 2 is 1.70 bits per heavy atom. The second kappa shape index (κ2) is 8.29. The normalized spacial score (nSPS) is 17.7. The average molecular weight is 270 g/mol. The van der Waals surface area contributed by atoms with Gasteiger partial charge in [-0.25, -0.2) is 0 Å². The molecule has 0 saturated carbocycles. The lowest BCUT2D eigenvalue weighted by Crippen LogP contribution is -2.32. The van der Waals surface area contributed by atoms with E-state index < -0.39 is 0 Å². The van der Waals surface area contributed by atoms with Gasteiger partial charge in [0, 0.05) is 0 Å². The van der Waals surface area contributed by atoms with Crippen LogP contribution in [0.1, 0.15) is 71.6 Å².